The van der Waals surface area contributed by atoms with Crippen molar-refractivity contribution in [2.24, 2.45) is 0 Å². The Bertz CT molecular complexity index is 923. The number of amides is 2. The van der Waals surface area contributed by atoms with E-state index in [2.05, 4.69) is 20.9 Å². The number of anilines is 1. The van der Waals surface area contributed by atoms with E-state index in [1.807, 2.05) is 48.5 Å². The molecule has 8 nitrogen and oxygen atoms in total. The van der Waals surface area contributed by atoms with Crippen LogP contribution >= 0.6 is 0 Å². The summed E-state index contributed by atoms with van der Waals surface area (Å²) in [7, 11) is 0. The van der Waals surface area contributed by atoms with Crippen LogP contribution in [0.15, 0.2) is 48.5 Å². The van der Waals surface area contributed by atoms with E-state index in [0.29, 0.717) is 19.6 Å². The van der Waals surface area contributed by atoms with Crippen LogP contribution in [0, 0.1) is 0 Å². The van der Waals surface area contributed by atoms with Gasteiger partial charge < -0.3 is 20.6 Å². The first-order valence-corrected chi connectivity index (χ1v) is 9.05. The minimum atomic E-state index is -0.109. The molecule has 1 saturated heterocycles. The average Bonchev–Trinajstić information content (AvgIpc) is 3.34. The number of aromatic nitrogens is 3. The number of carbonyl (C=O) groups excluding carboxylic acids is 1. The topological polar surface area (TPSA) is 95.3 Å². The number of carbonyl (C=O) groups is 1. The fourth-order valence-electron chi connectivity index (χ4n) is 3.33. The number of nitrogens with zero attached hydrogens (tertiary/aromatic N) is 4. The highest BCUT2D eigenvalue weighted by molar-refractivity contribution is 5.89. The van der Waals surface area contributed by atoms with E-state index in [1.54, 1.807) is 9.58 Å². The van der Waals surface area contributed by atoms with Crippen LogP contribution in [0.2, 0.25) is 0 Å². The average molecular weight is 366 g/mol. The highest BCUT2D eigenvalue weighted by atomic mass is 16.3. The third kappa shape index (κ3) is 3.76. The van der Waals surface area contributed by atoms with Crippen molar-refractivity contribution in [1.29, 1.82) is 0 Å². The maximum absolute atomic E-state index is 12.4. The van der Waals surface area contributed by atoms with Gasteiger partial charge in [-0.2, -0.15) is 0 Å². The summed E-state index contributed by atoms with van der Waals surface area (Å²) in [6, 6.07) is 15.5. The van der Waals surface area contributed by atoms with Gasteiger partial charge in [0.15, 0.2) is 0 Å². The van der Waals surface area contributed by atoms with Crippen LogP contribution in [0.1, 0.15) is 6.42 Å². The van der Waals surface area contributed by atoms with Crippen LogP contribution in [0.5, 0.6) is 0 Å². The quantitative estimate of drug-likeness (QED) is 0.638. The largest absolute Gasteiger partial charge is 0.395 e. The Morgan fingerprint density at radius 1 is 1.19 bits per heavy atom. The molecule has 1 aromatic heterocycles. The zero-order chi connectivity index (χ0) is 18.6. The number of benzene rings is 2. The molecule has 2 aromatic carbocycles. The Balaban J connectivity index is 1.40. The number of urea groups is 1. The lowest BCUT2D eigenvalue weighted by atomic mass is 10.2. The van der Waals surface area contributed by atoms with Crippen molar-refractivity contribution >= 4 is 22.8 Å². The predicted molar refractivity (Wildman–Crippen MR) is 103 cm³/mol. The van der Waals surface area contributed by atoms with Crippen molar-refractivity contribution in [3.05, 3.63) is 48.5 Å². The van der Waals surface area contributed by atoms with Crippen LogP contribution in [0.3, 0.4) is 0 Å². The van der Waals surface area contributed by atoms with E-state index in [4.69, 9.17) is 5.11 Å². The Morgan fingerprint density at radius 3 is 2.81 bits per heavy atom. The highest BCUT2D eigenvalue weighted by Crippen LogP contribution is 2.19. The maximum Gasteiger partial charge on any atom is 0.321 e. The van der Waals surface area contributed by atoms with Gasteiger partial charge in [0, 0.05) is 31.4 Å². The number of aliphatic hydroxyl groups excluding tert-OH is 1. The first-order valence-electron chi connectivity index (χ1n) is 9.05. The van der Waals surface area contributed by atoms with E-state index >= 15 is 0 Å². The van der Waals surface area contributed by atoms with Crippen molar-refractivity contribution < 1.29 is 9.90 Å². The Hall–Kier alpha value is -2.97. The lowest BCUT2D eigenvalue weighted by Gasteiger charge is -2.18. The number of rotatable bonds is 5. The zero-order valence-corrected chi connectivity index (χ0v) is 14.9. The Labute approximate surface area is 156 Å². The zero-order valence-electron chi connectivity index (χ0n) is 14.9. The molecule has 2 heterocycles. The second-order valence-electron chi connectivity index (χ2n) is 6.58. The number of likely N-dealkylation sites (tertiary alicyclic amines) is 1. The molecule has 0 aliphatic carbocycles. The normalized spacial score (nSPS) is 16.8. The van der Waals surface area contributed by atoms with Gasteiger partial charge in [0.2, 0.25) is 0 Å². The van der Waals surface area contributed by atoms with E-state index in [0.717, 1.165) is 28.8 Å². The molecule has 0 radical (unpaired) electrons. The number of hydrogen-bond donors (Lipinski definition) is 3. The van der Waals surface area contributed by atoms with Crippen molar-refractivity contribution in [3.63, 3.8) is 0 Å². The monoisotopic (exact) mass is 366 g/mol. The summed E-state index contributed by atoms with van der Waals surface area (Å²) in [6.07, 6.45) is 0.895. The fourth-order valence-corrected chi connectivity index (χ4v) is 3.33. The van der Waals surface area contributed by atoms with Crippen molar-refractivity contribution in [1.82, 2.24) is 25.2 Å². The first kappa shape index (κ1) is 17.4. The van der Waals surface area contributed by atoms with Crippen LogP contribution in [-0.2, 0) is 0 Å². The molecule has 1 atom stereocenters. The lowest BCUT2D eigenvalue weighted by molar-refractivity contribution is 0.221. The molecule has 1 fully saturated rings. The van der Waals surface area contributed by atoms with Gasteiger partial charge in [0.1, 0.15) is 5.52 Å². The van der Waals surface area contributed by atoms with Gasteiger partial charge in [-0.25, -0.2) is 9.48 Å². The van der Waals surface area contributed by atoms with Gasteiger partial charge in [-0.1, -0.05) is 17.3 Å². The second kappa shape index (κ2) is 7.73. The van der Waals surface area contributed by atoms with Crippen LogP contribution in [0.4, 0.5) is 10.5 Å². The molecule has 3 aromatic rings. The summed E-state index contributed by atoms with van der Waals surface area (Å²) in [4.78, 5) is 14.2. The molecule has 0 bridgehead atoms. The molecular weight excluding hydrogens is 344 g/mol. The standard InChI is InChI=1S/C19H22N6O2/c26-12-10-20-15-9-11-24(13-15)19(27)21-14-5-7-16(8-6-14)25-18-4-2-1-3-17(18)22-23-25/h1-8,15,20,26H,9-13H2,(H,21,27). The van der Waals surface area contributed by atoms with E-state index in [1.165, 1.54) is 0 Å². The van der Waals surface area contributed by atoms with Crippen LogP contribution in [0.25, 0.3) is 16.7 Å². The van der Waals surface area contributed by atoms with E-state index in [9.17, 15) is 4.79 Å². The molecule has 27 heavy (non-hydrogen) atoms. The molecule has 4 rings (SSSR count). The van der Waals surface area contributed by atoms with Crippen molar-refractivity contribution in [3.8, 4) is 5.69 Å². The number of hydrogen-bond acceptors (Lipinski definition) is 5. The molecule has 140 valence electrons. The van der Waals surface area contributed by atoms with Gasteiger partial charge in [-0.3, -0.25) is 0 Å². The molecular formula is C19H22N6O2. The van der Waals surface area contributed by atoms with Crippen LogP contribution < -0.4 is 10.6 Å². The smallest absolute Gasteiger partial charge is 0.321 e. The molecule has 0 saturated carbocycles. The van der Waals surface area contributed by atoms with Gasteiger partial charge in [0.25, 0.3) is 0 Å². The summed E-state index contributed by atoms with van der Waals surface area (Å²) in [5.41, 5.74) is 3.40. The van der Waals surface area contributed by atoms with Gasteiger partial charge in [0.05, 0.1) is 17.8 Å². The summed E-state index contributed by atoms with van der Waals surface area (Å²) in [5.74, 6) is 0. The van der Waals surface area contributed by atoms with Gasteiger partial charge in [-0.05, 0) is 42.8 Å². The third-order valence-corrected chi connectivity index (χ3v) is 4.74. The summed E-state index contributed by atoms with van der Waals surface area (Å²) in [6.45, 7) is 2.02. The Morgan fingerprint density at radius 2 is 2.00 bits per heavy atom. The Kier molecular flexibility index (Phi) is 4.99. The second-order valence-corrected chi connectivity index (χ2v) is 6.58. The molecule has 0 spiro atoms. The van der Waals surface area contributed by atoms with Crippen molar-refractivity contribution in [2.75, 3.05) is 31.6 Å². The summed E-state index contributed by atoms with van der Waals surface area (Å²) < 4.78 is 1.78. The number of nitrogens with one attached hydrogen (secondary N) is 2. The fraction of sp³-hybridized carbons (Fsp3) is 0.316. The lowest BCUT2D eigenvalue weighted by Crippen LogP contribution is -2.38. The minimum Gasteiger partial charge on any atom is -0.395 e. The number of aliphatic hydroxyl groups is 1. The maximum atomic E-state index is 12.4. The van der Waals surface area contributed by atoms with Crippen molar-refractivity contribution in [2.45, 2.75) is 12.5 Å². The van der Waals surface area contributed by atoms with E-state index < -0.39 is 0 Å². The van der Waals surface area contributed by atoms with Gasteiger partial charge in [-0.15, -0.1) is 5.10 Å². The number of para-hydroxylation sites is 1. The molecule has 1 unspecified atom stereocenters. The molecule has 3 N–H and O–H groups in total. The minimum absolute atomic E-state index is 0.107. The third-order valence-electron chi connectivity index (χ3n) is 4.74. The summed E-state index contributed by atoms with van der Waals surface area (Å²) >= 11 is 0. The predicted octanol–water partition coefficient (Wildman–Crippen LogP) is 1.61. The summed E-state index contributed by atoms with van der Waals surface area (Å²) in [5, 5.41) is 23.4. The van der Waals surface area contributed by atoms with Crippen LogP contribution in [-0.4, -0.2) is 63.3 Å². The molecule has 1 aliphatic rings. The molecule has 1 aliphatic heterocycles. The highest BCUT2D eigenvalue weighted by Gasteiger charge is 2.25. The van der Waals surface area contributed by atoms with E-state index in [-0.39, 0.29) is 18.7 Å². The number of fused-ring (bicyclic) bond motifs is 1. The molecule has 2 amide bonds. The van der Waals surface area contributed by atoms with Gasteiger partial charge >= 0.3 is 6.03 Å². The first-order chi connectivity index (χ1) is 13.2. The molecule has 8 heteroatoms. The SMILES string of the molecule is O=C(Nc1ccc(-n2nnc3ccccc32)cc1)N1CCC(NCCO)C1.